The number of piperidine rings is 2. The Morgan fingerprint density at radius 3 is 2.35 bits per heavy atom. The fourth-order valence-electron chi connectivity index (χ4n) is 4.32. The van der Waals surface area contributed by atoms with Gasteiger partial charge in [0, 0.05) is 22.0 Å². The van der Waals surface area contributed by atoms with Crippen LogP contribution in [0.25, 0.3) is 0 Å². The highest BCUT2D eigenvalue weighted by Crippen LogP contribution is 2.51. The van der Waals surface area contributed by atoms with Crippen LogP contribution >= 0.6 is 23.2 Å². The van der Waals surface area contributed by atoms with E-state index in [2.05, 4.69) is 0 Å². The lowest BCUT2D eigenvalue weighted by Gasteiger charge is -2.52. The Morgan fingerprint density at radius 1 is 1.00 bits per heavy atom. The molecule has 1 aliphatic carbocycles. The number of halogens is 2. The van der Waals surface area contributed by atoms with Crippen molar-refractivity contribution in [3.63, 3.8) is 0 Å². The summed E-state index contributed by atoms with van der Waals surface area (Å²) in [4.78, 5) is 0.209. The van der Waals surface area contributed by atoms with Gasteiger partial charge >= 0.3 is 0 Å². The molecule has 0 spiro atoms. The van der Waals surface area contributed by atoms with E-state index in [0.717, 1.165) is 18.4 Å². The topological polar surface area (TPSA) is 57.6 Å². The quantitative estimate of drug-likeness (QED) is 0.819. The molecule has 4 atom stereocenters. The minimum atomic E-state index is -3.74. The van der Waals surface area contributed by atoms with Crippen molar-refractivity contribution in [2.24, 2.45) is 5.92 Å². The van der Waals surface area contributed by atoms with E-state index in [4.69, 9.17) is 23.2 Å². The second-order valence-electron chi connectivity index (χ2n) is 6.95. The maximum Gasteiger partial charge on any atom is 0.243 e. The van der Waals surface area contributed by atoms with Gasteiger partial charge < -0.3 is 5.11 Å². The third-order valence-electron chi connectivity index (χ3n) is 5.49. The van der Waals surface area contributed by atoms with Crippen LogP contribution in [0.1, 0.15) is 30.9 Å². The summed E-state index contributed by atoms with van der Waals surface area (Å²) >= 11 is 12.3. The van der Waals surface area contributed by atoms with Gasteiger partial charge in [0.15, 0.2) is 0 Å². The van der Waals surface area contributed by atoms with Crippen LogP contribution in [0.2, 0.25) is 10.0 Å². The summed E-state index contributed by atoms with van der Waals surface area (Å²) in [7, 11) is -3.74. The third-order valence-corrected chi connectivity index (χ3v) is 8.04. The van der Waals surface area contributed by atoms with Crippen molar-refractivity contribution in [3.8, 4) is 0 Å². The molecule has 2 aliphatic heterocycles. The Bertz CT molecular complexity index is 917. The minimum absolute atomic E-state index is 0.165. The van der Waals surface area contributed by atoms with E-state index in [0.29, 0.717) is 16.5 Å². The van der Waals surface area contributed by atoms with Gasteiger partial charge in [-0.2, -0.15) is 4.31 Å². The summed E-state index contributed by atoms with van der Waals surface area (Å²) in [5.41, 5.74) is 0.750. The number of benzene rings is 2. The average Bonchev–Trinajstić information content (AvgIpc) is 2.62. The molecule has 2 aromatic carbocycles. The number of rotatable bonds is 3. The van der Waals surface area contributed by atoms with Crippen LogP contribution in [0.3, 0.4) is 0 Å². The molecule has 2 saturated heterocycles. The zero-order valence-corrected chi connectivity index (χ0v) is 16.3. The van der Waals surface area contributed by atoms with Gasteiger partial charge in [-0.3, -0.25) is 0 Å². The van der Waals surface area contributed by atoms with Gasteiger partial charge in [-0.1, -0.05) is 41.4 Å². The predicted octanol–water partition coefficient (Wildman–Crippen LogP) is 4.27. The molecule has 0 amide bonds. The summed E-state index contributed by atoms with van der Waals surface area (Å²) < 4.78 is 28.5. The molecule has 4 nitrogen and oxygen atoms in total. The maximum atomic E-state index is 13.4. The number of fused-ring (bicyclic) bond motifs is 3. The molecule has 0 aromatic heterocycles. The van der Waals surface area contributed by atoms with Crippen molar-refractivity contribution in [2.75, 3.05) is 0 Å². The summed E-state index contributed by atoms with van der Waals surface area (Å²) in [6.07, 6.45) is 1.47. The predicted molar refractivity (Wildman–Crippen MR) is 102 cm³/mol. The fourth-order valence-corrected chi connectivity index (χ4v) is 6.57. The molecule has 7 heteroatoms. The van der Waals surface area contributed by atoms with Crippen LogP contribution < -0.4 is 0 Å². The molecule has 0 unspecified atom stereocenters. The van der Waals surface area contributed by atoms with Crippen LogP contribution in [-0.4, -0.2) is 30.0 Å². The van der Waals surface area contributed by atoms with Gasteiger partial charge in [0.05, 0.1) is 17.0 Å². The molecule has 2 bridgehead atoms. The van der Waals surface area contributed by atoms with E-state index in [1.165, 1.54) is 12.1 Å². The number of sulfonamides is 1. The Kier molecular flexibility index (Phi) is 4.78. The number of hydrogen-bond acceptors (Lipinski definition) is 3. The van der Waals surface area contributed by atoms with Gasteiger partial charge in [0.2, 0.25) is 10.0 Å². The van der Waals surface area contributed by atoms with E-state index in [1.54, 1.807) is 22.5 Å². The molecule has 3 fully saturated rings. The summed E-state index contributed by atoms with van der Waals surface area (Å²) in [5.74, 6) is -0.165. The molecule has 2 heterocycles. The molecular formula is C19H19Cl2NO3S. The van der Waals surface area contributed by atoms with E-state index in [1.807, 2.05) is 18.2 Å². The van der Waals surface area contributed by atoms with Crippen LogP contribution in [0.15, 0.2) is 53.4 Å². The molecule has 1 saturated carbocycles. The Labute approximate surface area is 163 Å². The molecule has 138 valence electrons. The van der Waals surface area contributed by atoms with Crippen molar-refractivity contribution in [1.82, 2.24) is 4.31 Å². The Morgan fingerprint density at radius 2 is 1.69 bits per heavy atom. The molecule has 3 aliphatic rings. The van der Waals surface area contributed by atoms with Crippen molar-refractivity contribution in [3.05, 3.63) is 64.1 Å². The largest absolute Gasteiger partial charge is 0.393 e. The zero-order chi connectivity index (χ0) is 18.5. The van der Waals surface area contributed by atoms with Gasteiger partial charge in [-0.15, -0.1) is 0 Å². The molecule has 5 rings (SSSR count). The first kappa shape index (κ1) is 18.3. The minimum Gasteiger partial charge on any atom is -0.393 e. The van der Waals surface area contributed by atoms with Crippen LogP contribution in [-0.2, 0) is 10.0 Å². The molecular weight excluding hydrogens is 393 g/mol. The lowest BCUT2D eigenvalue weighted by molar-refractivity contribution is -0.0537. The second-order valence-corrected chi connectivity index (χ2v) is 9.64. The van der Waals surface area contributed by atoms with Crippen molar-refractivity contribution in [1.29, 1.82) is 0 Å². The van der Waals surface area contributed by atoms with Gasteiger partial charge in [0.1, 0.15) is 0 Å². The highest BCUT2D eigenvalue weighted by Gasteiger charge is 2.52. The molecule has 1 N–H and O–H groups in total. The van der Waals surface area contributed by atoms with E-state index >= 15 is 0 Å². The third kappa shape index (κ3) is 2.96. The maximum absolute atomic E-state index is 13.4. The monoisotopic (exact) mass is 411 g/mol. The first-order valence-corrected chi connectivity index (χ1v) is 10.8. The van der Waals surface area contributed by atoms with E-state index in [9.17, 15) is 13.5 Å². The average molecular weight is 412 g/mol. The first-order valence-electron chi connectivity index (χ1n) is 8.61. The van der Waals surface area contributed by atoms with Crippen molar-refractivity contribution in [2.45, 2.75) is 42.3 Å². The fraction of sp³-hybridized carbons (Fsp3) is 0.368. The van der Waals surface area contributed by atoms with Gasteiger partial charge in [-0.05, 0) is 55.2 Å². The number of aliphatic hydroxyl groups is 1. The second kappa shape index (κ2) is 6.80. The normalized spacial score (nSPS) is 29.0. The number of aliphatic hydroxyl groups excluding tert-OH is 1. The van der Waals surface area contributed by atoms with Crippen molar-refractivity contribution >= 4 is 33.2 Å². The Hall–Kier alpha value is -1.11. The van der Waals surface area contributed by atoms with E-state index < -0.39 is 22.2 Å². The number of hydrogen-bond donors (Lipinski definition) is 1. The highest BCUT2D eigenvalue weighted by molar-refractivity contribution is 7.89. The molecule has 0 radical (unpaired) electrons. The van der Waals surface area contributed by atoms with Gasteiger partial charge in [0.25, 0.3) is 0 Å². The summed E-state index contributed by atoms with van der Waals surface area (Å²) in [6, 6.07) is 12.8. The smallest absolute Gasteiger partial charge is 0.243 e. The lowest BCUT2D eigenvalue weighted by atomic mass is 9.72. The van der Waals surface area contributed by atoms with Crippen LogP contribution in [0.4, 0.5) is 0 Å². The highest BCUT2D eigenvalue weighted by atomic mass is 35.5. The van der Waals surface area contributed by atoms with Gasteiger partial charge in [-0.25, -0.2) is 8.42 Å². The summed E-state index contributed by atoms with van der Waals surface area (Å²) in [5, 5.41) is 11.5. The Balaban J connectivity index is 1.84. The van der Waals surface area contributed by atoms with Crippen LogP contribution in [0, 0.1) is 5.92 Å². The van der Waals surface area contributed by atoms with Crippen molar-refractivity contribution < 1.29 is 13.5 Å². The standard InChI is InChI=1S/C19H19Cl2NO3S/c20-12-5-8-14(9-6-12)26(24,25)22-13-7-10-16(18(23)11-13)19(22)15-3-1-2-4-17(15)21/h1-6,8-9,13,16,18-19,23H,7,10-11H2/t13-,16+,18-,19+/m0/s1. The molecule has 2 aromatic rings. The van der Waals surface area contributed by atoms with E-state index in [-0.39, 0.29) is 16.9 Å². The summed E-state index contributed by atoms with van der Waals surface area (Å²) in [6.45, 7) is 0. The SMILES string of the molecule is O=S(=O)(c1ccc(Cl)cc1)N1[C@H]2CC[C@@H]([C@H]1c1ccccc1Cl)[C@@H](O)C2. The van der Waals surface area contributed by atoms with Crippen LogP contribution in [0.5, 0.6) is 0 Å². The lowest BCUT2D eigenvalue weighted by Crippen LogP contribution is -2.57. The number of nitrogens with zero attached hydrogens (tertiary/aromatic N) is 1. The zero-order valence-electron chi connectivity index (χ0n) is 13.9. The molecule has 26 heavy (non-hydrogen) atoms. The first-order chi connectivity index (χ1) is 12.4.